The highest BCUT2D eigenvalue weighted by Gasteiger charge is 2.27. The van der Waals surface area contributed by atoms with Crippen LogP contribution in [0.5, 0.6) is 0 Å². The summed E-state index contributed by atoms with van der Waals surface area (Å²) in [4.78, 5) is 24.2. The number of carbonyl (C=O) groups is 1. The summed E-state index contributed by atoms with van der Waals surface area (Å²) in [6.45, 7) is 5.49. The van der Waals surface area contributed by atoms with Crippen molar-refractivity contribution in [1.82, 2.24) is 20.2 Å². The Morgan fingerprint density at radius 3 is 3.00 bits per heavy atom. The second kappa shape index (κ2) is 7.54. The van der Waals surface area contributed by atoms with Gasteiger partial charge in [0.2, 0.25) is 5.91 Å². The van der Waals surface area contributed by atoms with Crippen molar-refractivity contribution in [3.05, 3.63) is 58.7 Å². The molecule has 0 bridgehead atoms. The molecular formula is C21H26N4O. The predicted octanol–water partition coefficient (Wildman–Crippen LogP) is 2.38. The monoisotopic (exact) mass is 350 g/mol. The van der Waals surface area contributed by atoms with Gasteiger partial charge in [-0.3, -0.25) is 4.79 Å². The van der Waals surface area contributed by atoms with Gasteiger partial charge in [0, 0.05) is 56.0 Å². The van der Waals surface area contributed by atoms with Crippen LogP contribution in [0.25, 0.3) is 0 Å². The Balaban J connectivity index is 1.43. The molecule has 1 fully saturated rings. The Kier molecular flexibility index (Phi) is 4.98. The minimum absolute atomic E-state index is 0.209. The maximum absolute atomic E-state index is 12.7. The van der Waals surface area contributed by atoms with E-state index >= 15 is 0 Å². The van der Waals surface area contributed by atoms with Gasteiger partial charge in [-0.1, -0.05) is 29.8 Å². The standard InChI is InChI=1S/C21H26N4O/c1-15-4-6-16(7-5-15)11-20(26)25-10-2-3-17(14-25)21-23-13-18-12-22-9-8-19(18)24-21/h4-7,13,17,22H,2-3,8-12,14H2,1H3/t17-/m0/s1. The van der Waals surface area contributed by atoms with Crippen LogP contribution in [0.15, 0.2) is 30.5 Å². The summed E-state index contributed by atoms with van der Waals surface area (Å²) in [6.07, 6.45) is 5.49. The van der Waals surface area contributed by atoms with Crippen molar-refractivity contribution in [3.63, 3.8) is 0 Å². The Bertz CT molecular complexity index is 787. The van der Waals surface area contributed by atoms with Crippen LogP contribution in [0.4, 0.5) is 0 Å². The molecule has 2 aliphatic rings. The Morgan fingerprint density at radius 1 is 1.31 bits per heavy atom. The van der Waals surface area contributed by atoms with Crippen LogP contribution in [0, 0.1) is 6.92 Å². The van der Waals surface area contributed by atoms with Crippen LogP contribution in [0.1, 0.15) is 47.0 Å². The van der Waals surface area contributed by atoms with E-state index in [1.54, 1.807) is 0 Å². The molecule has 1 aromatic heterocycles. The van der Waals surface area contributed by atoms with Crippen LogP contribution in [0.3, 0.4) is 0 Å². The maximum atomic E-state index is 12.7. The number of piperidine rings is 1. The van der Waals surface area contributed by atoms with Crippen molar-refractivity contribution in [2.75, 3.05) is 19.6 Å². The smallest absolute Gasteiger partial charge is 0.227 e. The van der Waals surface area contributed by atoms with E-state index in [-0.39, 0.29) is 11.8 Å². The molecule has 1 aromatic carbocycles. The number of hydrogen-bond acceptors (Lipinski definition) is 4. The summed E-state index contributed by atoms with van der Waals surface area (Å²) < 4.78 is 0. The fraction of sp³-hybridized carbons (Fsp3) is 0.476. The van der Waals surface area contributed by atoms with Gasteiger partial charge >= 0.3 is 0 Å². The number of nitrogens with zero attached hydrogens (tertiary/aromatic N) is 3. The molecule has 1 N–H and O–H groups in total. The van der Waals surface area contributed by atoms with Gasteiger partial charge in [0.05, 0.1) is 6.42 Å². The molecule has 0 spiro atoms. The quantitative estimate of drug-likeness (QED) is 0.923. The SMILES string of the molecule is Cc1ccc(CC(=O)N2CCC[C@H](c3ncc4c(n3)CCNC4)C2)cc1. The first-order valence-electron chi connectivity index (χ1n) is 9.58. The summed E-state index contributed by atoms with van der Waals surface area (Å²) in [5, 5.41) is 3.36. The third-order valence-corrected chi connectivity index (χ3v) is 5.44. The molecule has 1 atom stereocenters. The number of likely N-dealkylation sites (tertiary alicyclic amines) is 1. The molecular weight excluding hydrogens is 324 g/mol. The van der Waals surface area contributed by atoms with Crippen LogP contribution >= 0.6 is 0 Å². The van der Waals surface area contributed by atoms with E-state index in [1.807, 2.05) is 11.1 Å². The van der Waals surface area contributed by atoms with Gasteiger partial charge in [-0.25, -0.2) is 9.97 Å². The van der Waals surface area contributed by atoms with Crippen molar-refractivity contribution < 1.29 is 4.79 Å². The van der Waals surface area contributed by atoms with Crippen molar-refractivity contribution in [1.29, 1.82) is 0 Å². The largest absolute Gasteiger partial charge is 0.342 e. The zero-order valence-corrected chi connectivity index (χ0v) is 15.4. The number of amides is 1. The number of rotatable bonds is 3. The lowest BCUT2D eigenvalue weighted by molar-refractivity contribution is -0.131. The Labute approximate surface area is 154 Å². The summed E-state index contributed by atoms with van der Waals surface area (Å²) in [6, 6.07) is 8.24. The van der Waals surface area contributed by atoms with E-state index in [0.29, 0.717) is 6.42 Å². The minimum Gasteiger partial charge on any atom is -0.342 e. The second-order valence-corrected chi connectivity index (χ2v) is 7.47. The van der Waals surface area contributed by atoms with Gasteiger partial charge in [-0.05, 0) is 25.3 Å². The predicted molar refractivity (Wildman–Crippen MR) is 101 cm³/mol. The highest BCUT2D eigenvalue weighted by molar-refractivity contribution is 5.79. The van der Waals surface area contributed by atoms with Gasteiger partial charge in [0.15, 0.2) is 0 Å². The average Bonchev–Trinajstić information content (AvgIpc) is 2.69. The van der Waals surface area contributed by atoms with Crippen molar-refractivity contribution >= 4 is 5.91 Å². The lowest BCUT2D eigenvalue weighted by Crippen LogP contribution is -2.40. The molecule has 26 heavy (non-hydrogen) atoms. The Hall–Kier alpha value is -2.27. The van der Waals surface area contributed by atoms with E-state index in [2.05, 4.69) is 41.5 Å². The number of nitrogens with one attached hydrogen (secondary N) is 1. The molecule has 0 unspecified atom stereocenters. The van der Waals surface area contributed by atoms with E-state index < -0.39 is 0 Å². The average molecular weight is 350 g/mol. The second-order valence-electron chi connectivity index (χ2n) is 7.47. The number of carbonyl (C=O) groups excluding carboxylic acids is 1. The molecule has 3 heterocycles. The molecule has 5 nitrogen and oxygen atoms in total. The van der Waals surface area contributed by atoms with E-state index in [9.17, 15) is 4.79 Å². The van der Waals surface area contributed by atoms with Crippen molar-refractivity contribution in [2.45, 2.75) is 45.1 Å². The topological polar surface area (TPSA) is 58.1 Å². The van der Waals surface area contributed by atoms with E-state index in [0.717, 1.165) is 56.8 Å². The van der Waals surface area contributed by atoms with Gasteiger partial charge in [-0.2, -0.15) is 0 Å². The molecule has 136 valence electrons. The van der Waals surface area contributed by atoms with E-state index in [4.69, 9.17) is 4.98 Å². The zero-order valence-electron chi connectivity index (χ0n) is 15.4. The lowest BCUT2D eigenvalue weighted by atomic mass is 9.96. The van der Waals surface area contributed by atoms with Crippen LogP contribution in [-0.2, 0) is 24.2 Å². The highest BCUT2D eigenvalue weighted by Crippen LogP contribution is 2.26. The first kappa shape index (κ1) is 17.2. The van der Waals surface area contributed by atoms with Gasteiger partial charge in [0.25, 0.3) is 0 Å². The highest BCUT2D eigenvalue weighted by atomic mass is 16.2. The fourth-order valence-electron chi connectivity index (χ4n) is 3.85. The van der Waals surface area contributed by atoms with Crippen LogP contribution < -0.4 is 5.32 Å². The van der Waals surface area contributed by atoms with Gasteiger partial charge in [0.1, 0.15) is 5.82 Å². The van der Waals surface area contributed by atoms with Crippen molar-refractivity contribution in [2.24, 2.45) is 0 Å². The Morgan fingerprint density at radius 2 is 2.15 bits per heavy atom. The minimum atomic E-state index is 0.209. The number of aromatic nitrogens is 2. The summed E-state index contributed by atoms with van der Waals surface area (Å²) in [7, 11) is 0. The molecule has 2 aromatic rings. The first-order valence-corrected chi connectivity index (χ1v) is 9.58. The molecule has 0 aliphatic carbocycles. The molecule has 5 heteroatoms. The normalized spacial score (nSPS) is 19.9. The van der Waals surface area contributed by atoms with Crippen molar-refractivity contribution in [3.8, 4) is 0 Å². The number of hydrogen-bond donors (Lipinski definition) is 1. The first-order chi connectivity index (χ1) is 12.7. The summed E-state index contributed by atoms with van der Waals surface area (Å²) in [5.74, 6) is 1.38. The zero-order chi connectivity index (χ0) is 17.9. The number of fused-ring (bicyclic) bond motifs is 1. The molecule has 4 rings (SSSR count). The van der Waals surface area contributed by atoms with E-state index in [1.165, 1.54) is 16.8 Å². The number of benzene rings is 1. The molecule has 0 saturated carbocycles. The van der Waals surface area contributed by atoms with Gasteiger partial charge < -0.3 is 10.2 Å². The third-order valence-electron chi connectivity index (χ3n) is 5.44. The summed E-state index contributed by atoms with van der Waals surface area (Å²) in [5.41, 5.74) is 4.69. The fourth-order valence-corrected chi connectivity index (χ4v) is 3.85. The van der Waals surface area contributed by atoms with Crippen LogP contribution in [-0.4, -0.2) is 40.4 Å². The summed E-state index contributed by atoms with van der Waals surface area (Å²) >= 11 is 0. The third kappa shape index (κ3) is 3.78. The molecule has 1 saturated heterocycles. The number of aryl methyl sites for hydroxylation is 1. The van der Waals surface area contributed by atoms with Gasteiger partial charge in [-0.15, -0.1) is 0 Å². The van der Waals surface area contributed by atoms with Crippen LogP contribution in [0.2, 0.25) is 0 Å². The maximum Gasteiger partial charge on any atom is 0.227 e. The molecule has 2 aliphatic heterocycles. The molecule has 1 amide bonds. The lowest BCUT2D eigenvalue weighted by Gasteiger charge is -2.32. The molecule has 0 radical (unpaired) electrons.